The minimum absolute atomic E-state index is 0.0765. The molecule has 1 N–H and O–H groups in total. The molecule has 1 aromatic carbocycles. The minimum atomic E-state index is -5.74. The summed E-state index contributed by atoms with van der Waals surface area (Å²) in [5.74, 6) is -1.52. The average Bonchev–Trinajstić information content (AvgIpc) is 2.75. The van der Waals surface area contributed by atoms with Gasteiger partial charge in [-0.2, -0.15) is 21.6 Å². The zero-order valence-corrected chi connectivity index (χ0v) is 13.2. The van der Waals surface area contributed by atoms with Crippen LogP contribution in [-0.2, 0) is 21.3 Å². The Hall–Kier alpha value is -1.77. The zero-order valence-electron chi connectivity index (χ0n) is 12.4. The molecule has 0 spiro atoms. The lowest BCUT2D eigenvalue weighted by Gasteiger charge is -2.17. The van der Waals surface area contributed by atoms with Crippen molar-refractivity contribution in [3.8, 4) is 5.75 Å². The maximum Gasteiger partial charge on any atom is 0.534 e. The topological polar surface area (TPSA) is 80.7 Å². The largest absolute Gasteiger partial charge is 0.534 e. The van der Waals surface area contributed by atoms with Crippen molar-refractivity contribution in [1.82, 2.24) is 0 Å². The van der Waals surface area contributed by atoms with E-state index >= 15 is 0 Å². The van der Waals surface area contributed by atoms with Gasteiger partial charge in [0.15, 0.2) is 0 Å². The number of benzene rings is 1. The molecule has 0 aromatic heterocycles. The van der Waals surface area contributed by atoms with Crippen LogP contribution < -0.4 is 4.18 Å². The lowest BCUT2D eigenvalue weighted by Crippen LogP contribution is -2.28. The number of alkyl halides is 3. The molecule has 0 aliphatic heterocycles. The minimum Gasteiger partial charge on any atom is -0.481 e. The monoisotopic (exact) mass is 352 g/mol. The van der Waals surface area contributed by atoms with Crippen LogP contribution in [0.2, 0.25) is 0 Å². The molecule has 0 saturated carbocycles. The fourth-order valence-corrected chi connectivity index (χ4v) is 3.48. The Morgan fingerprint density at radius 2 is 2.00 bits per heavy atom. The quantitative estimate of drug-likeness (QED) is 0.665. The van der Waals surface area contributed by atoms with Gasteiger partial charge in [0, 0.05) is 0 Å². The van der Waals surface area contributed by atoms with Crippen LogP contribution in [0, 0.1) is 13.8 Å². The van der Waals surface area contributed by atoms with Gasteiger partial charge in [-0.05, 0) is 54.9 Å². The molecule has 0 unspecified atom stereocenters. The van der Waals surface area contributed by atoms with Gasteiger partial charge < -0.3 is 9.29 Å². The Bertz CT molecular complexity index is 753. The molecule has 1 aliphatic rings. The number of rotatable bonds is 4. The van der Waals surface area contributed by atoms with Gasteiger partial charge in [0.05, 0.1) is 6.42 Å². The van der Waals surface area contributed by atoms with E-state index in [0.29, 0.717) is 24.0 Å². The Morgan fingerprint density at radius 1 is 1.39 bits per heavy atom. The van der Waals surface area contributed by atoms with E-state index in [1.165, 1.54) is 19.9 Å². The molecule has 0 heterocycles. The molecule has 0 radical (unpaired) electrons. The third kappa shape index (κ3) is 3.29. The second-order valence-corrected chi connectivity index (χ2v) is 7.07. The molecule has 1 aliphatic carbocycles. The predicted molar refractivity (Wildman–Crippen MR) is 74.8 cm³/mol. The fraction of sp³-hybridized carbons (Fsp3) is 0.500. The number of carboxylic acid groups (broad SMARTS) is 1. The molecule has 0 bridgehead atoms. The maximum atomic E-state index is 12.5. The number of aliphatic carboxylic acids is 1. The molecule has 2 rings (SSSR count). The summed E-state index contributed by atoms with van der Waals surface area (Å²) in [6.45, 7) is 2.92. The van der Waals surface area contributed by atoms with Crippen LogP contribution in [0.1, 0.15) is 41.0 Å². The Labute approximate surface area is 131 Å². The molecule has 5 nitrogen and oxygen atoms in total. The Morgan fingerprint density at radius 3 is 2.52 bits per heavy atom. The van der Waals surface area contributed by atoms with Gasteiger partial charge in [-0.3, -0.25) is 4.79 Å². The third-order valence-electron chi connectivity index (χ3n) is 3.95. The molecular weight excluding hydrogens is 337 g/mol. The first-order valence-electron chi connectivity index (χ1n) is 6.79. The molecule has 0 saturated heterocycles. The van der Waals surface area contributed by atoms with Gasteiger partial charge in [0.25, 0.3) is 0 Å². The molecule has 0 fully saturated rings. The van der Waals surface area contributed by atoms with Crippen molar-refractivity contribution >= 4 is 16.1 Å². The van der Waals surface area contributed by atoms with Crippen molar-refractivity contribution in [1.29, 1.82) is 0 Å². The van der Waals surface area contributed by atoms with Gasteiger partial charge in [-0.1, -0.05) is 6.07 Å². The first-order chi connectivity index (χ1) is 10.4. The van der Waals surface area contributed by atoms with Crippen molar-refractivity contribution in [2.75, 3.05) is 0 Å². The number of fused-ring (bicyclic) bond motifs is 1. The summed E-state index contributed by atoms with van der Waals surface area (Å²) in [6, 6.07) is 1.52. The van der Waals surface area contributed by atoms with Gasteiger partial charge in [-0.15, -0.1) is 0 Å². The van der Waals surface area contributed by atoms with Crippen molar-refractivity contribution in [2.45, 2.75) is 44.5 Å². The summed E-state index contributed by atoms with van der Waals surface area (Å²) >= 11 is 0. The third-order valence-corrected chi connectivity index (χ3v) is 4.91. The van der Waals surface area contributed by atoms with Crippen molar-refractivity contribution < 1.29 is 35.7 Å². The van der Waals surface area contributed by atoms with Crippen LogP contribution in [-0.4, -0.2) is 25.0 Å². The summed E-state index contributed by atoms with van der Waals surface area (Å²) in [5.41, 5.74) is -3.57. The van der Waals surface area contributed by atoms with E-state index in [1.54, 1.807) is 0 Å². The van der Waals surface area contributed by atoms with Gasteiger partial charge in [0.1, 0.15) is 5.75 Å². The highest BCUT2D eigenvalue weighted by Gasteiger charge is 2.49. The standard InChI is InChI=1S/C14H15F3O5S/c1-7-5-11-9(6-12(18)19)3-4-10(11)8(2)13(7)22-23(20,21)14(15,16)17/h5,9H,3-4,6H2,1-2H3,(H,18,19)/t9-/m0/s1. The first-order valence-corrected chi connectivity index (χ1v) is 8.20. The Kier molecular flexibility index (Phi) is 4.36. The van der Waals surface area contributed by atoms with Crippen molar-refractivity contribution in [3.05, 3.63) is 28.3 Å². The maximum absolute atomic E-state index is 12.5. The van der Waals surface area contributed by atoms with E-state index in [2.05, 4.69) is 4.18 Å². The lowest BCUT2D eigenvalue weighted by atomic mass is 9.94. The van der Waals surface area contributed by atoms with E-state index < -0.39 is 21.6 Å². The van der Waals surface area contributed by atoms with E-state index in [9.17, 15) is 26.4 Å². The van der Waals surface area contributed by atoms with Crippen LogP contribution in [0.15, 0.2) is 6.07 Å². The highest BCUT2D eigenvalue weighted by molar-refractivity contribution is 7.88. The summed E-state index contributed by atoms with van der Waals surface area (Å²) in [7, 11) is -5.74. The van der Waals surface area contributed by atoms with E-state index in [1.807, 2.05) is 0 Å². The lowest BCUT2D eigenvalue weighted by molar-refractivity contribution is -0.137. The fourth-order valence-electron chi connectivity index (χ4n) is 2.91. The normalized spacial score (nSPS) is 17.9. The molecule has 0 amide bonds. The van der Waals surface area contributed by atoms with Gasteiger partial charge in [-0.25, -0.2) is 0 Å². The highest BCUT2D eigenvalue weighted by atomic mass is 32.2. The Balaban J connectivity index is 2.45. The summed E-state index contributed by atoms with van der Waals surface area (Å²) in [6.07, 6.45) is 0.951. The number of carboxylic acids is 1. The van der Waals surface area contributed by atoms with Crippen LogP contribution in [0.3, 0.4) is 0 Å². The molecular formula is C14H15F3O5S. The van der Waals surface area contributed by atoms with Crippen LogP contribution in [0.25, 0.3) is 0 Å². The smallest absolute Gasteiger partial charge is 0.481 e. The van der Waals surface area contributed by atoms with Crippen molar-refractivity contribution in [3.63, 3.8) is 0 Å². The summed E-state index contributed by atoms with van der Waals surface area (Å²) in [5, 5.41) is 8.91. The molecule has 1 atom stereocenters. The second kappa shape index (κ2) is 5.70. The number of hydrogen-bond acceptors (Lipinski definition) is 4. The molecule has 128 valence electrons. The first kappa shape index (κ1) is 17.6. The average molecular weight is 352 g/mol. The summed E-state index contributed by atoms with van der Waals surface area (Å²) in [4.78, 5) is 10.9. The van der Waals surface area contributed by atoms with Gasteiger partial charge >= 0.3 is 21.6 Å². The predicted octanol–water partition coefficient (Wildman–Crippen LogP) is 3.04. The van der Waals surface area contributed by atoms with E-state index in [4.69, 9.17) is 5.11 Å². The van der Waals surface area contributed by atoms with Crippen molar-refractivity contribution in [2.24, 2.45) is 0 Å². The van der Waals surface area contributed by atoms with Gasteiger partial charge in [0.2, 0.25) is 0 Å². The molecule has 1 aromatic rings. The van der Waals surface area contributed by atoms with Crippen LogP contribution >= 0.6 is 0 Å². The van der Waals surface area contributed by atoms with E-state index in [-0.39, 0.29) is 23.7 Å². The van der Waals surface area contributed by atoms with Crippen LogP contribution in [0.5, 0.6) is 5.75 Å². The number of carbonyl (C=O) groups is 1. The second-order valence-electron chi connectivity index (χ2n) is 5.53. The number of aryl methyl sites for hydroxylation is 1. The number of hydrogen-bond donors (Lipinski definition) is 1. The van der Waals surface area contributed by atoms with E-state index in [0.717, 1.165) is 5.56 Å². The zero-order chi connectivity index (χ0) is 17.6. The SMILES string of the molecule is Cc1cc2c(c(C)c1OS(=O)(=O)C(F)(F)F)CC[C@H]2CC(=O)O. The summed E-state index contributed by atoms with van der Waals surface area (Å²) < 4.78 is 64.2. The van der Waals surface area contributed by atoms with Crippen LogP contribution in [0.4, 0.5) is 13.2 Å². The number of halogens is 3. The molecule has 9 heteroatoms. The highest BCUT2D eigenvalue weighted by Crippen LogP contribution is 2.42. The molecule has 23 heavy (non-hydrogen) atoms.